The molecule has 2 rings (SSSR count). The summed E-state index contributed by atoms with van der Waals surface area (Å²) in [5.41, 5.74) is -0.687. The van der Waals surface area contributed by atoms with Crippen LogP contribution in [0.2, 0.25) is 0 Å². The number of morpholine rings is 1. The van der Waals surface area contributed by atoms with Crippen molar-refractivity contribution in [2.24, 2.45) is 5.92 Å². The first kappa shape index (κ1) is 13.8. The quantitative estimate of drug-likeness (QED) is 0.768. The van der Waals surface area contributed by atoms with Crippen molar-refractivity contribution in [2.45, 2.75) is 25.9 Å². The summed E-state index contributed by atoms with van der Waals surface area (Å²) >= 11 is 0. The number of aliphatic hydroxyl groups is 1. The molecule has 0 aromatic rings. The number of nitrogens with zero attached hydrogens (tertiary/aromatic N) is 2. The number of ether oxygens (including phenoxy) is 1. The molecule has 1 atom stereocenters. The molecule has 2 aliphatic rings. The molecule has 1 amide bonds. The van der Waals surface area contributed by atoms with Crippen LogP contribution >= 0.6 is 0 Å². The third-order valence-electron chi connectivity index (χ3n) is 4.00. The molecule has 2 aliphatic heterocycles. The molecule has 0 unspecified atom stereocenters. The van der Waals surface area contributed by atoms with E-state index in [0.29, 0.717) is 13.1 Å². The lowest BCUT2D eigenvalue weighted by atomic mass is 9.90. The lowest BCUT2D eigenvalue weighted by Gasteiger charge is -2.29. The zero-order valence-corrected chi connectivity index (χ0v) is 11.4. The smallest absolute Gasteiger partial charge is 0.236 e. The minimum atomic E-state index is -0.687. The van der Waals surface area contributed by atoms with Crippen molar-refractivity contribution < 1.29 is 14.6 Å². The van der Waals surface area contributed by atoms with E-state index < -0.39 is 5.60 Å². The van der Waals surface area contributed by atoms with Crippen molar-refractivity contribution in [3.8, 4) is 0 Å². The van der Waals surface area contributed by atoms with Crippen molar-refractivity contribution in [3.63, 3.8) is 0 Å². The van der Waals surface area contributed by atoms with E-state index in [2.05, 4.69) is 4.90 Å². The second kappa shape index (κ2) is 5.55. The van der Waals surface area contributed by atoms with Crippen molar-refractivity contribution in [2.75, 3.05) is 45.9 Å². The molecule has 2 heterocycles. The fourth-order valence-corrected chi connectivity index (χ4v) is 2.61. The van der Waals surface area contributed by atoms with E-state index in [1.54, 1.807) is 0 Å². The van der Waals surface area contributed by atoms with Crippen LogP contribution in [-0.2, 0) is 9.53 Å². The van der Waals surface area contributed by atoms with Crippen molar-refractivity contribution in [1.82, 2.24) is 9.80 Å². The highest BCUT2D eigenvalue weighted by Gasteiger charge is 2.35. The van der Waals surface area contributed by atoms with E-state index in [0.717, 1.165) is 39.3 Å². The van der Waals surface area contributed by atoms with Gasteiger partial charge in [-0.2, -0.15) is 0 Å². The maximum Gasteiger partial charge on any atom is 0.236 e. The van der Waals surface area contributed by atoms with E-state index in [4.69, 9.17) is 4.74 Å². The van der Waals surface area contributed by atoms with Crippen LogP contribution in [0.3, 0.4) is 0 Å². The lowest BCUT2D eigenvalue weighted by Crippen LogP contribution is -2.44. The SMILES string of the molecule is CC(C)(O)[C@H]1CCN(C(=O)CN2CCOCC2)C1. The molecule has 18 heavy (non-hydrogen) atoms. The molecule has 0 aromatic carbocycles. The Morgan fingerprint density at radius 2 is 2.00 bits per heavy atom. The first-order valence-corrected chi connectivity index (χ1v) is 6.77. The Morgan fingerprint density at radius 3 is 2.56 bits per heavy atom. The monoisotopic (exact) mass is 256 g/mol. The Labute approximate surface area is 109 Å². The highest BCUT2D eigenvalue weighted by molar-refractivity contribution is 5.78. The van der Waals surface area contributed by atoms with Gasteiger partial charge in [0.2, 0.25) is 5.91 Å². The zero-order valence-electron chi connectivity index (χ0n) is 11.4. The normalized spacial score (nSPS) is 26.6. The highest BCUT2D eigenvalue weighted by Crippen LogP contribution is 2.27. The van der Waals surface area contributed by atoms with E-state index in [1.807, 2.05) is 18.7 Å². The van der Waals surface area contributed by atoms with Crippen molar-refractivity contribution in [1.29, 1.82) is 0 Å². The summed E-state index contributed by atoms with van der Waals surface area (Å²) in [6, 6.07) is 0. The average Bonchev–Trinajstić information content (AvgIpc) is 2.79. The molecule has 0 saturated carbocycles. The predicted molar refractivity (Wildman–Crippen MR) is 68.2 cm³/mol. The van der Waals surface area contributed by atoms with Crippen molar-refractivity contribution in [3.05, 3.63) is 0 Å². The number of hydrogen-bond donors (Lipinski definition) is 1. The summed E-state index contributed by atoms with van der Waals surface area (Å²) < 4.78 is 5.27. The Balaban J connectivity index is 1.80. The predicted octanol–water partition coefficient (Wildman–Crippen LogP) is -0.0620. The Hall–Kier alpha value is -0.650. The minimum Gasteiger partial charge on any atom is -0.390 e. The maximum absolute atomic E-state index is 12.1. The van der Waals surface area contributed by atoms with E-state index >= 15 is 0 Å². The van der Waals surface area contributed by atoms with Gasteiger partial charge >= 0.3 is 0 Å². The summed E-state index contributed by atoms with van der Waals surface area (Å²) in [7, 11) is 0. The van der Waals surface area contributed by atoms with Gasteiger partial charge in [-0.15, -0.1) is 0 Å². The molecule has 0 bridgehead atoms. The first-order chi connectivity index (χ1) is 8.47. The molecule has 2 saturated heterocycles. The third-order valence-corrected chi connectivity index (χ3v) is 4.00. The second-order valence-electron chi connectivity index (χ2n) is 5.87. The average molecular weight is 256 g/mol. The Kier molecular flexibility index (Phi) is 4.25. The van der Waals surface area contributed by atoms with Gasteiger partial charge < -0.3 is 14.7 Å². The molecule has 0 radical (unpaired) electrons. The fourth-order valence-electron chi connectivity index (χ4n) is 2.61. The lowest BCUT2D eigenvalue weighted by molar-refractivity contribution is -0.132. The van der Waals surface area contributed by atoms with Crippen molar-refractivity contribution >= 4 is 5.91 Å². The summed E-state index contributed by atoms with van der Waals surface area (Å²) in [6.07, 6.45) is 0.901. The van der Waals surface area contributed by atoms with Crippen LogP contribution in [0.25, 0.3) is 0 Å². The number of likely N-dealkylation sites (tertiary alicyclic amines) is 1. The molecule has 2 fully saturated rings. The van der Waals surface area contributed by atoms with Gasteiger partial charge in [0.15, 0.2) is 0 Å². The number of hydrogen-bond acceptors (Lipinski definition) is 4. The van der Waals surface area contributed by atoms with Crippen LogP contribution in [0, 0.1) is 5.92 Å². The molecule has 0 aliphatic carbocycles. The third kappa shape index (κ3) is 3.43. The summed E-state index contributed by atoms with van der Waals surface area (Å²) in [6.45, 7) is 8.73. The minimum absolute atomic E-state index is 0.184. The molecule has 0 aromatic heterocycles. The van der Waals surface area contributed by atoms with Gasteiger partial charge in [-0.1, -0.05) is 0 Å². The van der Waals surface area contributed by atoms with E-state index in [1.165, 1.54) is 0 Å². The van der Waals surface area contributed by atoms with E-state index in [9.17, 15) is 9.90 Å². The Morgan fingerprint density at radius 1 is 1.33 bits per heavy atom. The van der Waals surface area contributed by atoms with Crippen LogP contribution in [0.5, 0.6) is 0 Å². The van der Waals surface area contributed by atoms with Gasteiger partial charge in [0.05, 0.1) is 25.4 Å². The van der Waals surface area contributed by atoms with Gasteiger partial charge in [0.25, 0.3) is 0 Å². The van der Waals surface area contributed by atoms with Crippen LogP contribution < -0.4 is 0 Å². The van der Waals surface area contributed by atoms with Gasteiger partial charge in [-0.3, -0.25) is 9.69 Å². The standard InChI is InChI=1S/C13H24N2O3/c1-13(2,17)11-3-4-15(9-11)12(16)10-14-5-7-18-8-6-14/h11,17H,3-10H2,1-2H3/t11-/m0/s1. The van der Waals surface area contributed by atoms with E-state index in [-0.39, 0.29) is 11.8 Å². The topological polar surface area (TPSA) is 53.0 Å². The summed E-state index contributed by atoms with van der Waals surface area (Å²) in [5.74, 6) is 0.384. The zero-order chi connectivity index (χ0) is 13.2. The molecule has 5 heteroatoms. The Bertz CT molecular complexity index is 295. The number of carbonyl (C=O) groups is 1. The number of rotatable bonds is 3. The summed E-state index contributed by atoms with van der Waals surface area (Å²) in [5, 5.41) is 9.97. The molecular formula is C13H24N2O3. The molecule has 1 N–H and O–H groups in total. The first-order valence-electron chi connectivity index (χ1n) is 6.77. The van der Waals surface area contributed by atoms with Crippen LogP contribution in [0.4, 0.5) is 0 Å². The van der Waals surface area contributed by atoms with Gasteiger partial charge in [0.1, 0.15) is 0 Å². The fraction of sp³-hybridized carbons (Fsp3) is 0.923. The molecular weight excluding hydrogens is 232 g/mol. The highest BCUT2D eigenvalue weighted by atomic mass is 16.5. The molecule has 0 spiro atoms. The second-order valence-corrected chi connectivity index (χ2v) is 5.87. The van der Waals surface area contributed by atoms with Crippen LogP contribution in [0.1, 0.15) is 20.3 Å². The maximum atomic E-state index is 12.1. The van der Waals surface area contributed by atoms with Crippen LogP contribution in [-0.4, -0.2) is 72.4 Å². The van der Waals surface area contributed by atoms with Gasteiger partial charge in [-0.05, 0) is 20.3 Å². The molecule has 104 valence electrons. The summed E-state index contributed by atoms with van der Waals surface area (Å²) in [4.78, 5) is 16.2. The molecule has 5 nitrogen and oxygen atoms in total. The van der Waals surface area contributed by atoms with Gasteiger partial charge in [0, 0.05) is 32.1 Å². The largest absolute Gasteiger partial charge is 0.390 e. The number of carbonyl (C=O) groups excluding carboxylic acids is 1. The van der Waals surface area contributed by atoms with Gasteiger partial charge in [-0.25, -0.2) is 0 Å². The van der Waals surface area contributed by atoms with Crippen LogP contribution in [0.15, 0.2) is 0 Å². The number of amides is 1.